The molecule has 2 rings (SSSR count). The predicted octanol–water partition coefficient (Wildman–Crippen LogP) is 4.25. The van der Waals surface area contributed by atoms with Crippen LogP contribution in [-0.4, -0.2) is 15.0 Å². The van der Waals surface area contributed by atoms with Crippen LogP contribution >= 0.6 is 0 Å². The summed E-state index contributed by atoms with van der Waals surface area (Å²) in [5.41, 5.74) is 1.99. The van der Waals surface area contributed by atoms with Crippen LogP contribution in [0.2, 0.25) is 0 Å². The maximum atomic E-state index is 12.6. The molecule has 0 heterocycles. The Labute approximate surface area is 151 Å². The van der Waals surface area contributed by atoms with E-state index in [9.17, 15) is 8.42 Å². The molecule has 0 spiro atoms. The van der Waals surface area contributed by atoms with Crippen LogP contribution in [0.4, 0.5) is 0 Å². The molecule has 2 aromatic rings. The summed E-state index contributed by atoms with van der Waals surface area (Å²) in [7, 11) is -3.56. The van der Waals surface area contributed by atoms with Crippen LogP contribution < -0.4 is 9.46 Å². The van der Waals surface area contributed by atoms with Gasteiger partial charge in [-0.1, -0.05) is 51.1 Å². The highest BCUT2D eigenvalue weighted by atomic mass is 32.2. The van der Waals surface area contributed by atoms with E-state index in [1.165, 1.54) is 0 Å². The fourth-order valence-electron chi connectivity index (χ4n) is 2.49. The molecule has 0 saturated heterocycles. The number of ether oxygens (including phenoxy) is 1. The standard InChI is InChI=1S/C20H27NO3S/c1-5-20(3,4)17-11-13-18(14-12-17)25(22,23)21-15-16-9-7-8-10-19(16)24-6-2/h7-14,21H,5-6,15H2,1-4H3. The third kappa shape index (κ3) is 4.83. The zero-order valence-electron chi connectivity index (χ0n) is 15.4. The van der Waals surface area contributed by atoms with E-state index in [0.29, 0.717) is 12.4 Å². The van der Waals surface area contributed by atoms with Crippen LogP contribution in [0.1, 0.15) is 45.2 Å². The van der Waals surface area contributed by atoms with Crippen molar-refractivity contribution in [2.45, 2.75) is 51.0 Å². The first-order chi connectivity index (χ1) is 11.8. The molecule has 0 aromatic heterocycles. The first-order valence-electron chi connectivity index (χ1n) is 8.61. The van der Waals surface area contributed by atoms with Crippen molar-refractivity contribution in [3.05, 3.63) is 59.7 Å². The Balaban J connectivity index is 2.15. The normalized spacial score (nSPS) is 12.2. The Hall–Kier alpha value is -1.85. The van der Waals surface area contributed by atoms with Crippen LogP contribution in [0.15, 0.2) is 53.4 Å². The minimum Gasteiger partial charge on any atom is -0.494 e. The summed E-state index contributed by atoms with van der Waals surface area (Å²) in [4.78, 5) is 0.275. The predicted molar refractivity (Wildman–Crippen MR) is 101 cm³/mol. The molecule has 0 aliphatic rings. The van der Waals surface area contributed by atoms with Crippen molar-refractivity contribution < 1.29 is 13.2 Å². The van der Waals surface area contributed by atoms with Gasteiger partial charge < -0.3 is 4.74 Å². The minimum atomic E-state index is -3.56. The number of benzene rings is 2. The second-order valence-corrected chi connectivity index (χ2v) is 8.39. The monoisotopic (exact) mass is 361 g/mol. The van der Waals surface area contributed by atoms with Gasteiger partial charge in [0, 0.05) is 12.1 Å². The van der Waals surface area contributed by atoms with Crippen molar-refractivity contribution in [3.8, 4) is 5.75 Å². The van der Waals surface area contributed by atoms with Crippen LogP contribution in [0, 0.1) is 0 Å². The molecule has 4 nitrogen and oxygen atoms in total. The number of para-hydroxylation sites is 1. The fraction of sp³-hybridized carbons (Fsp3) is 0.400. The van der Waals surface area contributed by atoms with E-state index in [4.69, 9.17) is 4.74 Å². The van der Waals surface area contributed by atoms with Gasteiger partial charge in [0.2, 0.25) is 10.0 Å². The quantitative estimate of drug-likeness (QED) is 0.765. The summed E-state index contributed by atoms with van der Waals surface area (Å²) >= 11 is 0. The number of sulfonamides is 1. The van der Waals surface area contributed by atoms with Gasteiger partial charge in [0.15, 0.2) is 0 Å². The van der Waals surface area contributed by atoms with E-state index in [-0.39, 0.29) is 16.9 Å². The highest BCUT2D eigenvalue weighted by Crippen LogP contribution is 2.27. The highest BCUT2D eigenvalue weighted by Gasteiger charge is 2.20. The molecule has 5 heteroatoms. The van der Waals surface area contributed by atoms with Crippen LogP contribution in [0.25, 0.3) is 0 Å². The van der Waals surface area contributed by atoms with Gasteiger partial charge in [-0.3, -0.25) is 0 Å². The van der Waals surface area contributed by atoms with Crippen molar-refractivity contribution in [1.82, 2.24) is 4.72 Å². The Morgan fingerprint density at radius 3 is 2.24 bits per heavy atom. The average molecular weight is 362 g/mol. The molecule has 0 unspecified atom stereocenters. The zero-order valence-corrected chi connectivity index (χ0v) is 16.2. The van der Waals surface area contributed by atoms with Gasteiger partial charge in [-0.25, -0.2) is 13.1 Å². The molecular formula is C20H27NO3S. The summed E-state index contributed by atoms with van der Waals surface area (Å²) in [6, 6.07) is 14.6. The lowest BCUT2D eigenvalue weighted by atomic mass is 9.82. The molecule has 0 saturated carbocycles. The number of hydrogen-bond acceptors (Lipinski definition) is 3. The van der Waals surface area contributed by atoms with E-state index in [2.05, 4.69) is 25.5 Å². The SMILES string of the molecule is CCOc1ccccc1CNS(=O)(=O)c1ccc(C(C)(C)CC)cc1. The molecule has 2 aromatic carbocycles. The van der Waals surface area contributed by atoms with E-state index < -0.39 is 10.0 Å². The van der Waals surface area contributed by atoms with Gasteiger partial charge in [0.1, 0.15) is 5.75 Å². The molecule has 0 amide bonds. The summed E-state index contributed by atoms with van der Waals surface area (Å²) in [5.74, 6) is 0.702. The van der Waals surface area contributed by atoms with Crippen LogP contribution in [-0.2, 0) is 22.0 Å². The largest absolute Gasteiger partial charge is 0.494 e. The Kier molecular flexibility index (Phi) is 6.25. The lowest BCUT2D eigenvalue weighted by Crippen LogP contribution is -2.24. The van der Waals surface area contributed by atoms with Crippen molar-refractivity contribution in [2.24, 2.45) is 0 Å². The first-order valence-corrected chi connectivity index (χ1v) is 10.1. The molecule has 0 bridgehead atoms. The van der Waals surface area contributed by atoms with Crippen molar-refractivity contribution >= 4 is 10.0 Å². The molecular weight excluding hydrogens is 334 g/mol. The third-order valence-electron chi connectivity index (χ3n) is 4.56. The average Bonchev–Trinajstić information content (AvgIpc) is 2.61. The zero-order chi connectivity index (χ0) is 18.5. The smallest absolute Gasteiger partial charge is 0.240 e. The van der Waals surface area contributed by atoms with E-state index in [0.717, 1.165) is 17.5 Å². The van der Waals surface area contributed by atoms with Gasteiger partial charge in [0.25, 0.3) is 0 Å². The van der Waals surface area contributed by atoms with E-state index in [1.807, 2.05) is 43.3 Å². The van der Waals surface area contributed by atoms with Crippen LogP contribution in [0.3, 0.4) is 0 Å². The summed E-state index contributed by atoms with van der Waals surface area (Å²) in [6.45, 7) is 9.07. The maximum Gasteiger partial charge on any atom is 0.240 e. The van der Waals surface area contributed by atoms with Crippen molar-refractivity contribution in [2.75, 3.05) is 6.61 Å². The van der Waals surface area contributed by atoms with Crippen molar-refractivity contribution in [3.63, 3.8) is 0 Å². The van der Waals surface area contributed by atoms with Gasteiger partial charge in [-0.15, -0.1) is 0 Å². The minimum absolute atomic E-state index is 0.0339. The molecule has 25 heavy (non-hydrogen) atoms. The van der Waals surface area contributed by atoms with E-state index in [1.54, 1.807) is 12.1 Å². The number of rotatable bonds is 8. The first kappa shape index (κ1) is 19.5. The van der Waals surface area contributed by atoms with Gasteiger partial charge in [-0.2, -0.15) is 0 Å². The van der Waals surface area contributed by atoms with Gasteiger partial charge in [-0.05, 0) is 42.5 Å². The summed E-state index contributed by atoms with van der Waals surface area (Å²) < 4.78 is 33.3. The molecule has 0 aliphatic carbocycles. The highest BCUT2D eigenvalue weighted by molar-refractivity contribution is 7.89. The second-order valence-electron chi connectivity index (χ2n) is 6.63. The number of hydrogen-bond donors (Lipinski definition) is 1. The van der Waals surface area contributed by atoms with Crippen molar-refractivity contribution in [1.29, 1.82) is 0 Å². The fourth-order valence-corrected chi connectivity index (χ4v) is 3.50. The molecule has 1 N–H and O–H groups in total. The molecule has 136 valence electrons. The molecule has 0 fully saturated rings. The third-order valence-corrected chi connectivity index (χ3v) is 5.97. The van der Waals surface area contributed by atoms with Crippen LogP contribution in [0.5, 0.6) is 5.75 Å². The second kappa shape index (κ2) is 8.02. The lowest BCUT2D eigenvalue weighted by molar-refractivity contribution is 0.336. The molecule has 0 atom stereocenters. The summed E-state index contributed by atoms with van der Waals surface area (Å²) in [6.07, 6.45) is 0.992. The Morgan fingerprint density at radius 2 is 1.64 bits per heavy atom. The number of nitrogens with one attached hydrogen (secondary N) is 1. The molecule has 0 aliphatic heterocycles. The Morgan fingerprint density at radius 1 is 1.00 bits per heavy atom. The maximum absolute atomic E-state index is 12.6. The lowest BCUT2D eigenvalue weighted by Gasteiger charge is -2.23. The summed E-state index contributed by atoms with van der Waals surface area (Å²) in [5, 5.41) is 0. The Bertz CT molecular complexity index is 796. The van der Waals surface area contributed by atoms with Gasteiger partial charge in [0.05, 0.1) is 11.5 Å². The van der Waals surface area contributed by atoms with Gasteiger partial charge >= 0.3 is 0 Å². The molecule has 0 radical (unpaired) electrons. The topological polar surface area (TPSA) is 55.4 Å². The van der Waals surface area contributed by atoms with E-state index >= 15 is 0 Å².